The van der Waals surface area contributed by atoms with Gasteiger partial charge in [0.2, 0.25) is 11.8 Å². The molecule has 0 spiro atoms. The van der Waals surface area contributed by atoms with Gasteiger partial charge in [-0.3, -0.25) is 0 Å². The van der Waals surface area contributed by atoms with Crippen LogP contribution in [-0.4, -0.2) is 43.2 Å². The van der Waals surface area contributed by atoms with Crippen LogP contribution in [0.3, 0.4) is 0 Å². The number of aromatic nitrogens is 2. The van der Waals surface area contributed by atoms with Crippen molar-refractivity contribution in [2.24, 2.45) is 0 Å². The molecule has 1 aromatic rings. The average molecular weight is 259 g/mol. The first-order chi connectivity index (χ1) is 8.11. The van der Waals surface area contributed by atoms with Crippen molar-refractivity contribution >= 4 is 9.84 Å². The number of rotatable bonds is 5. The Bertz CT molecular complexity index is 469. The van der Waals surface area contributed by atoms with Crippen LogP contribution in [0.5, 0.6) is 0 Å². The maximum Gasteiger partial charge on any atom is 0.220 e. The Labute approximate surface area is 101 Å². The maximum absolute atomic E-state index is 11.3. The van der Waals surface area contributed by atoms with E-state index in [2.05, 4.69) is 15.5 Å². The Kier molecular flexibility index (Phi) is 3.78. The smallest absolute Gasteiger partial charge is 0.220 e. The van der Waals surface area contributed by atoms with Crippen molar-refractivity contribution in [2.75, 3.05) is 24.6 Å². The quantitative estimate of drug-likeness (QED) is 0.756. The van der Waals surface area contributed by atoms with E-state index < -0.39 is 9.84 Å². The van der Waals surface area contributed by atoms with E-state index in [-0.39, 0.29) is 17.4 Å². The van der Waals surface area contributed by atoms with Crippen molar-refractivity contribution in [1.29, 1.82) is 0 Å². The molecule has 1 saturated heterocycles. The Morgan fingerprint density at radius 2 is 2.29 bits per heavy atom. The Balaban J connectivity index is 1.94. The highest BCUT2D eigenvalue weighted by molar-refractivity contribution is 7.91. The highest BCUT2D eigenvalue weighted by Crippen LogP contribution is 2.27. The third-order valence-electron chi connectivity index (χ3n) is 2.83. The Morgan fingerprint density at radius 3 is 2.94 bits per heavy atom. The number of nitrogens with zero attached hydrogens (tertiary/aromatic N) is 2. The highest BCUT2D eigenvalue weighted by atomic mass is 32.2. The zero-order chi connectivity index (χ0) is 12.3. The molecule has 0 aliphatic carbocycles. The minimum Gasteiger partial charge on any atom is -0.425 e. The summed E-state index contributed by atoms with van der Waals surface area (Å²) in [5.41, 5.74) is 0. The summed E-state index contributed by atoms with van der Waals surface area (Å²) in [7, 11) is -2.90. The van der Waals surface area contributed by atoms with Crippen LogP contribution in [0.1, 0.15) is 31.0 Å². The van der Waals surface area contributed by atoms with Crippen LogP contribution >= 0.6 is 0 Å². The fourth-order valence-corrected chi connectivity index (χ4v) is 3.63. The SMILES string of the molecule is CCNCCc1nnc(C2CCS(=O)(=O)C2)o1. The van der Waals surface area contributed by atoms with Gasteiger partial charge >= 0.3 is 0 Å². The van der Waals surface area contributed by atoms with Gasteiger partial charge in [-0.05, 0) is 13.0 Å². The standard InChI is InChI=1S/C10H17N3O3S/c1-2-11-5-3-9-12-13-10(16-9)8-4-6-17(14,15)7-8/h8,11H,2-7H2,1H3. The van der Waals surface area contributed by atoms with Crippen molar-refractivity contribution in [2.45, 2.75) is 25.7 Å². The topological polar surface area (TPSA) is 85.1 Å². The third-order valence-corrected chi connectivity index (χ3v) is 4.60. The van der Waals surface area contributed by atoms with Crippen molar-refractivity contribution < 1.29 is 12.8 Å². The van der Waals surface area contributed by atoms with E-state index in [1.54, 1.807) is 0 Å². The molecule has 0 bridgehead atoms. The summed E-state index contributed by atoms with van der Waals surface area (Å²) in [6.07, 6.45) is 1.28. The monoisotopic (exact) mass is 259 g/mol. The van der Waals surface area contributed by atoms with E-state index in [4.69, 9.17) is 4.42 Å². The van der Waals surface area contributed by atoms with E-state index in [1.165, 1.54) is 0 Å². The molecule has 7 heteroatoms. The van der Waals surface area contributed by atoms with Gasteiger partial charge in [-0.2, -0.15) is 0 Å². The lowest BCUT2D eigenvalue weighted by Crippen LogP contribution is -2.16. The molecule has 6 nitrogen and oxygen atoms in total. The van der Waals surface area contributed by atoms with Gasteiger partial charge in [-0.1, -0.05) is 6.92 Å². The number of sulfone groups is 1. The van der Waals surface area contributed by atoms with Gasteiger partial charge in [0.15, 0.2) is 9.84 Å². The fraction of sp³-hybridized carbons (Fsp3) is 0.800. The first kappa shape index (κ1) is 12.5. The normalized spacial score (nSPS) is 23.0. The lowest BCUT2D eigenvalue weighted by molar-refractivity contribution is 0.422. The summed E-state index contributed by atoms with van der Waals surface area (Å²) >= 11 is 0. The summed E-state index contributed by atoms with van der Waals surface area (Å²) in [5.74, 6) is 1.30. The van der Waals surface area contributed by atoms with Gasteiger partial charge in [-0.25, -0.2) is 8.42 Å². The van der Waals surface area contributed by atoms with Crippen LogP contribution in [0.25, 0.3) is 0 Å². The second-order valence-corrected chi connectivity index (χ2v) is 6.47. The summed E-state index contributed by atoms with van der Waals surface area (Å²) in [5, 5.41) is 11.0. The fourth-order valence-electron chi connectivity index (χ4n) is 1.89. The molecule has 17 heavy (non-hydrogen) atoms. The van der Waals surface area contributed by atoms with Crippen LogP contribution < -0.4 is 5.32 Å². The molecular weight excluding hydrogens is 242 g/mol. The zero-order valence-electron chi connectivity index (χ0n) is 9.85. The largest absolute Gasteiger partial charge is 0.425 e. The number of hydrogen-bond acceptors (Lipinski definition) is 6. The second-order valence-electron chi connectivity index (χ2n) is 4.24. The second kappa shape index (κ2) is 5.14. The van der Waals surface area contributed by atoms with Crippen molar-refractivity contribution in [3.63, 3.8) is 0 Å². The maximum atomic E-state index is 11.3. The molecule has 2 rings (SSSR count). The predicted octanol–water partition coefficient (Wildman–Crippen LogP) is 0.124. The predicted molar refractivity (Wildman–Crippen MR) is 62.6 cm³/mol. The molecule has 1 N–H and O–H groups in total. The molecule has 2 heterocycles. The molecule has 1 atom stereocenters. The third kappa shape index (κ3) is 3.26. The van der Waals surface area contributed by atoms with Crippen LogP contribution in [0, 0.1) is 0 Å². The number of hydrogen-bond donors (Lipinski definition) is 1. The number of likely N-dealkylation sites (N-methyl/N-ethyl adjacent to an activating group) is 1. The van der Waals surface area contributed by atoms with Crippen LogP contribution in [0.2, 0.25) is 0 Å². The minimum absolute atomic E-state index is 0.111. The first-order valence-corrected chi connectivity index (χ1v) is 7.66. The molecule has 1 fully saturated rings. The lowest BCUT2D eigenvalue weighted by atomic mass is 10.1. The molecule has 0 radical (unpaired) electrons. The summed E-state index contributed by atoms with van der Waals surface area (Å²) in [4.78, 5) is 0. The van der Waals surface area contributed by atoms with E-state index in [0.717, 1.165) is 13.1 Å². The van der Waals surface area contributed by atoms with E-state index in [1.807, 2.05) is 6.92 Å². The molecule has 1 unspecified atom stereocenters. The summed E-state index contributed by atoms with van der Waals surface area (Å²) in [6.45, 7) is 3.73. The molecular formula is C10H17N3O3S. The molecule has 0 amide bonds. The van der Waals surface area contributed by atoms with Gasteiger partial charge in [0.25, 0.3) is 0 Å². The van der Waals surface area contributed by atoms with Crippen molar-refractivity contribution in [3.05, 3.63) is 11.8 Å². The first-order valence-electron chi connectivity index (χ1n) is 5.84. The van der Waals surface area contributed by atoms with Crippen LogP contribution in [0.4, 0.5) is 0 Å². The molecule has 1 aliphatic rings. The van der Waals surface area contributed by atoms with Crippen molar-refractivity contribution in [3.8, 4) is 0 Å². The van der Waals surface area contributed by atoms with Gasteiger partial charge in [0.1, 0.15) is 0 Å². The van der Waals surface area contributed by atoms with E-state index in [0.29, 0.717) is 24.6 Å². The average Bonchev–Trinajstić information content (AvgIpc) is 2.85. The van der Waals surface area contributed by atoms with Crippen LogP contribution in [0.15, 0.2) is 4.42 Å². The van der Waals surface area contributed by atoms with E-state index >= 15 is 0 Å². The van der Waals surface area contributed by atoms with E-state index in [9.17, 15) is 8.42 Å². The molecule has 0 saturated carbocycles. The minimum atomic E-state index is -2.90. The van der Waals surface area contributed by atoms with Gasteiger partial charge in [-0.15, -0.1) is 10.2 Å². The molecule has 96 valence electrons. The summed E-state index contributed by atoms with van der Waals surface area (Å²) < 4.78 is 28.1. The highest BCUT2D eigenvalue weighted by Gasteiger charge is 2.32. The molecule has 0 aromatic carbocycles. The number of nitrogens with one attached hydrogen (secondary N) is 1. The lowest BCUT2D eigenvalue weighted by Gasteiger charge is -1.99. The zero-order valence-corrected chi connectivity index (χ0v) is 10.7. The molecule has 1 aliphatic heterocycles. The van der Waals surface area contributed by atoms with Crippen molar-refractivity contribution in [1.82, 2.24) is 15.5 Å². The van der Waals surface area contributed by atoms with Gasteiger partial charge in [0, 0.05) is 13.0 Å². The Hall–Kier alpha value is -0.950. The van der Waals surface area contributed by atoms with Gasteiger partial charge < -0.3 is 9.73 Å². The summed E-state index contributed by atoms with van der Waals surface area (Å²) in [6, 6.07) is 0. The van der Waals surface area contributed by atoms with Crippen LogP contribution in [-0.2, 0) is 16.3 Å². The Morgan fingerprint density at radius 1 is 1.47 bits per heavy atom. The van der Waals surface area contributed by atoms with Gasteiger partial charge in [0.05, 0.1) is 17.4 Å². The molecule has 1 aromatic heterocycles.